The van der Waals surface area contributed by atoms with Gasteiger partial charge in [0.15, 0.2) is 0 Å². The average molecular weight is 443 g/mol. The zero-order chi connectivity index (χ0) is 15.7. The van der Waals surface area contributed by atoms with Crippen LogP contribution in [0.3, 0.4) is 0 Å². The van der Waals surface area contributed by atoms with Gasteiger partial charge in [0.2, 0.25) is 0 Å². The zero-order valence-electron chi connectivity index (χ0n) is 11.6. The summed E-state index contributed by atoms with van der Waals surface area (Å²) in [5, 5.41) is 4.43. The maximum Gasteiger partial charge on any atom is 0.105 e. The second-order valence-corrected chi connectivity index (χ2v) is 7.37. The van der Waals surface area contributed by atoms with E-state index in [2.05, 4.69) is 51.6 Å². The van der Waals surface area contributed by atoms with E-state index in [-0.39, 0.29) is 0 Å². The van der Waals surface area contributed by atoms with Crippen molar-refractivity contribution in [1.29, 1.82) is 0 Å². The van der Waals surface area contributed by atoms with Gasteiger partial charge in [-0.3, -0.25) is 4.98 Å². The van der Waals surface area contributed by atoms with Crippen molar-refractivity contribution in [1.82, 2.24) is 10.3 Å². The van der Waals surface area contributed by atoms with Crippen LogP contribution in [0.2, 0.25) is 10.0 Å². The maximum absolute atomic E-state index is 6.35. The first kappa shape index (κ1) is 15.8. The fourth-order valence-electron chi connectivity index (χ4n) is 2.42. The van der Waals surface area contributed by atoms with E-state index in [1.165, 1.54) is 5.57 Å². The number of benzene rings is 1. The van der Waals surface area contributed by atoms with Gasteiger partial charge in [0, 0.05) is 11.9 Å². The second-order valence-electron chi connectivity index (χ2n) is 5.03. The molecule has 1 aromatic carbocycles. The Labute approximate surface area is 153 Å². The minimum Gasteiger partial charge on any atom is -0.356 e. The monoisotopic (exact) mass is 442 g/mol. The molecule has 0 aliphatic carbocycles. The van der Waals surface area contributed by atoms with Crippen LogP contribution < -0.4 is 5.32 Å². The Kier molecular flexibility index (Phi) is 4.76. The highest BCUT2D eigenvalue weighted by Crippen LogP contribution is 2.38. The van der Waals surface area contributed by atoms with E-state index in [1.807, 2.05) is 18.2 Å². The van der Waals surface area contributed by atoms with Crippen LogP contribution in [0, 0.1) is 0 Å². The Balaban J connectivity index is 2.19. The molecule has 0 saturated carbocycles. The van der Waals surface area contributed by atoms with Crippen molar-refractivity contribution in [2.45, 2.75) is 10.3 Å². The van der Waals surface area contributed by atoms with E-state index in [4.69, 9.17) is 23.2 Å². The van der Waals surface area contributed by atoms with Crippen LogP contribution in [-0.2, 0) is 0 Å². The van der Waals surface area contributed by atoms with Crippen LogP contribution in [0.25, 0.3) is 11.3 Å². The molecule has 0 spiro atoms. The van der Waals surface area contributed by atoms with Crippen LogP contribution in [0.1, 0.15) is 17.7 Å². The number of alkyl halides is 1. The lowest BCUT2D eigenvalue weighted by Crippen LogP contribution is -2.26. The molecule has 1 unspecified atom stereocenters. The summed E-state index contributed by atoms with van der Waals surface area (Å²) in [7, 11) is 0. The molecule has 2 nitrogen and oxygen atoms in total. The van der Waals surface area contributed by atoms with Crippen molar-refractivity contribution in [2.24, 2.45) is 0 Å². The number of pyridine rings is 1. The number of rotatable bonds is 2. The highest BCUT2D eigenvalue weighted by molar-refractivity contribution is 14.1. The van der Waals surface area contributed by atoms with Gasteiger partial charge < -0.3 is 5.32 Å². The van der Waals surface area contributed by atoms with Gasteiger partial charge >= 0.3 is 0 Å². The van der Waals surface area contributed by atoms with Gasteiger partial charge in [0.05, 0.1) is 19.7 Å². The third kappa shape index (κ3) is 3.16. The summed E-state index contributed by atoms with van der Waals surface area (Å²) in [6, 6.07) is 12.0. The Morgan fingerprint density at radius 2 is 1.95 bits per heavy atom. The fraction of sp³-hybridized carbons (Fsp3) is 0.118. The van der Waals surface area contributed by atoms with E-state index in [0.29, 0.717) is 19.7 Å². The quantitative estimate of drug-likeness (QED) is 0.486. The van der Waals surface area contributed by atoms with Crippen LogP contribution >= 0.6 is 45.8 Å². The molecule has 1 aromatic heterocycles. The van der Waals surface area contributed by atoms with Crippen LogP contribution in [0.5, 0.6) is 0 Å². The van der Waals surface area contributed by atoms with E-state index in [0.717, 1.165) is 23.4 Å². The molecular formula is C17H13Cl2IN2. The molecule has 0 bridgehead atoms. The summed E-state index contributed by atoms with van der Waals surface area (Å²) < 4.78 is 0.322. The van der Waals surface area contributed by atoms with Crippen LogP contribution in [0.4, 0.5) is 0 Å². The molecule has 0 saturated heterocycles. The van der Waals surface area contributed by atoms with Gasteiger partial charge in [0.1, 0.15) is 5.69 Å². The predicted molar refractivity (Wildman–Crippen MR) is 102 cm³/mol. The van der Waals surface area contributed by atoms with Gasteiger partial charge in [0.25, 0.3) is 0 Å². The van der Waals surface area contributed by atoms with Crippen molar-refractivity contribution >= 4 is 57.1 Å². The predicted octanol–water partition coefficient (Wildman–Crippen LogP) is 5.57. The molecule has 3 rings (SSSR count). The number of halogens is 3. The molecule has 112 valence electrons. The Bertz CT molecular complexity index is 757. The van der Waals surface area contributed by atoms with Gasteiger partial charge in [-0.1, -0.05) is 82.7 Å². The lowest BCUT2D eigenvalue weighted by Gasteiger charge is -2.28. The van der Waals surface area contributed by atoms with Gasteiger partial charge in [-0.05, 0) is 23.6 Å². The van der Waals surface area contributed by atoms with Crippen molar-refractivity contribution in [3.63, 3.8) is 0 Å². The largest absolute Gasteiger partial charge is 0.356 e. The van der Waals surface area contributed by atoms with Crippen molar-refractivity contribution in [3.8, 4) is 0 Å². The number of nitrogens with zero attached hydrogens (tertiary/aromatic N) is 1. The van der Waals surface area contributed by atoms with Crippen LogP contribution in [-0.4, -0.2) is 8.91 Å². The highest BCUT2D eigenvalue weighted by Gasteiger charge is 2.25. The van der Waals surface area contributed by atoms with E-state index >= 15 is 0 Å². The summed E-state index contributed by atoms with van der Waals surface area (Å²) in [4.78, 5) is 4.41. The fourth-order valence-corrected chi connectivity index (χ4v) is 3.49. The number of nitrogens with one attached hydrogen (secondary N) is 1. The maximum atomic E-state index is 6.35. The molecule has 1 atom stereocenters. The number of hydrogen-bond donors (Lipinski definition) is 1. The summed E-state index contributed by atoms with van der Waals surface area (Å²) in [5.74, 6) is 0. The Hall–Kier alpha value is -1.04. The molecule has 22 heavy (non-hydrogen) atoms. The minimum atomic E-state index is 0.322. The first-order chi connectivity index (χ1) is 10.6. The summed E-state index contributed by atoms with van der Waals surface area (Å²) in [6.45, 7) is 4.10. The number of aromatic nitrogens is 1. The number of hydrogen-bond acceptors (Lipinski definition) is 2. The van der Waals surface area contributed by atoms with Crippen molar-refractivity contribution < 1.29 is 0 Å². The minimum absolute atomic E-state index is 0.322. The molecule has 1 aliphatic heterocycles. The van der Waals surface area contributed by atoms with Gasteiger partial charge in [-0.2, -0.15) is 0 Å². The van der Waals surface area contributed by atoms with E-state index in [9.17, 15) is 0 Å². The van der Waals surface area contributed by atoms with Crippen molar-refractivity contribution in [2.75, 3.05) is 0 Å². The SMILES string of the molecule is C=C1NC(c2ncc(Cl)cc2Cl)=C(c2ccccc2)CC1I. The average Bonchev–Trinajstić information content (AvgIpc) is 2.51. The first-order valence-electron chi connectivity index (χ1n) is 6.76. The Morgan fingerprint density at radius 1 is 1.23 bits per heavy atom. The van der Waals surface area contributed by atoms with Gasteiger partial charge in [-0.25, -0.2) is 0 Å². The zero-order valence-corrected chi connectivity index (χ0v) is 15.3. The number of allylic oxidation sites excluding steroid dienone is 2. The molecule has 1 N–H and O–H groups in total. The smallest absolute Gasteiger partial charge is 0.105 e. The molecule has 0 fully saturated rings. The standard InChI is InChI=1S/C17H13Cl2IN2/c1-10-15(20)8-13(11-5-3-2-4-6-11)16(22-10)17-14(19)7-12(18)9-21-17/h2-7,9,15,22H,1,8H2. The second kappa shape index (κ2) is 6.60. The molecule has 1 aliphatic rings. The van der Waals surface area contributed by atoms with Crippen LogP contribution in [0.15, 0.2) is 54.9 Å². The first-order valence-corrected chi connectivity index (χ1v) is 8.76. The molecule has 0 radical (unpaired) electrons. The van der Waals surface area contributed by atoms with E-state index in [1.54, 1.807) is 12.3 Å². The lowest BCUT2D eigenvalue weighted by molar-refractivity contribution is 0.907. The van der Waals surface area contributed by atoms with Gasteiger partial charge in [-0.15, -0.1) is 0 Å². The van der Waals surface area contributed by atoms with E-state index < -0.39 is 0 Å². The molecule has 2 heterocycles. The normalized spacial score (nSPS) is 18.3. The molecular weight excluding hydrogens is 430 g/mol. The third-order valence-electron chi connectivity index (χ3n) is 3.52. The summed E-state index contributed by atoms with van der Waals surface area (Å²) >= 11 is 14.7. The topological polar surface area (TPSA) is 24.9 Å². The van der Waals surface area contributed by atoms with Crippen molar-refractivity contribution in [3.05, 3.63) is 76.2 Å². The summed E-state index contributed by atoms with van der Waals surface area (Å²) in [5.41, 5.74) is 4.92. The Morgan fingerprint density at radius 3 is 2.64 bits per heavy atom. The summed E-state index contributed by atoms with van der Waals surface area (Å²) in [6.07, 6.45) is 2.49. The lowest BCUT2D eigenvalue weighted by atomic mass is 9.93. The highest BCUT2D eigenvalue weighted by atomic mass is 127. The molecule has 0 amide bonds. The molecule has 5 heteroatoms. The third-order valence-corrected chi connectivity index (χ3v) is 5.20. The molecule has 2 aromatic rings.